The monoisotopic (exact) mass is 339 g/mol. The van der Waals surface area contributed by atoms with Gasteiger partial charge in [0.2, 0.25) is 10.0 Å². The van der Waals surface area contributed by atoms with Crippen molar-refractivity contribution >= 4 is 37.6 Å². The van der Waals surface area contributed by atoms with E-state index in [0.29, 0.717) is 16.8 Å². The lowest BCUT2D eigenvalue weighted by atomic mass is 10.0. The minimum Gasteiger partial charge on any atom is -0.207 e. The van der Waals surface area contributed by atoms with Crippen LogP contribution >= 0.6 is 27.5 Å². The molecule has 1 aromatic carbocycles. The molecule has 1 N–H and O–H groups in total. The summed E-state index contributed by atoms with van der Waals surface area (Å²) in [6.07, 6.45) is 0.568. The molecule has 0 aliphatic heterocycles. The van der Waals surface area contributed by atoms with E-state index in [9.17, 15) is 8.42 Å². The maximum atomic E-state index is 12.2. The standard InChI is InChI=1S/C11H15BrClNO2S/c1-11(2,7-8-13)14-17(15,16)10-6-4-3-5-9(10)12/h3-6,14H,7-8H2,1-2H3. The summed E-state index contributed by atoms with van der Waals surface area (Å²) in [5.41, 5.74) is -0.560. The third kappa shape index (κ3) is 4.25. The molecule has 0 atom stereocenters. The quantitative estimate of drug-likeness (QED) is 0.837. The molecular formula is C11H15BrClNO2S. The average molecular weight is 341 g/mol. The predicted molar refractivity (Wildman–Crippen MR) is 73.9 cm³/mol. The van der Waals surface area contributed by atoms with Crippen LogP contribution in [-0.4, -0.2) is 19.8 Å². The average Bonchev–Trinajstić information content (AvgIpc) is 2.15. The third-order valence-electron chi connectivity index (χ3n) is 2.26. The van der Waals surface area contributed by atoms with E-state index >= 15 is 0 Å². The van der Waals surface area contributed by atoms with Crippen molar-refractivity contribution in [2.24, 2.45) is 0 Å². The molecule has 0 spiro atoms. The number of hydrogen-bond donors (Lipinski definition) is 1. The smallest absolute Gasteiger partial charge is 0.207 e. The van der Waals surface area contributed by atoms with Crippen LogP contribution in [0.2, 0.25) is 0 Å². The number of benzene rings is 1. The minimum absolute atomic E-state index is 0.239. The normalized spacial score (nSPS) is 12.7. The molecule has 3 nitrogen and oxygen atoms in total. The van der Waals surface area contributed by atoms with Gasteiger partial charge in [-0.05, 0) is 48.3 Å². The molecule has 0 heterocycles. The Kier molecular flexibility index (Phi) is 5.01. The second kappa shape index (κ2) is 5.69. The Balaban J connectivity index is 3.02. The summed E-state index contributed by atoms with van der Waals surface area (Å²) in [5, 5.41) is 0. The van der Waals surface area contributed by atoms with E-state index in [-0.39, 0.29) is 4.90 Å². The molecule has 0 fully saturated rings. The van der Waals surface area contributed by atoms with Gasteiger partial charge in [-0.2, -0.15) is 0 Å². The lowest BCUT2D eigenvalue weighted by Crippen LogP contribution is -2.43. The topological polar surface area (TPSA) is 46.2 Å². The van der Waals surface area contributed by atoms with Gasteiger partial charge in [0.1, 0.15) is 0 Å². The van der Waals surface area contributed by atoms with Gasteiger partial charge in [0.25, 0.3) is 0 Å². The Morgan fingerprint density at radius 3 is 2.47 bits per heavy atom. The fourth-order valence-corrected chi connectivity index (χ4v) is 4.29. The molecule has 0 saturated carbocycles. The van der Waals surface area contributed by atoms with Crippen molar-refractivity contribution < 1.29 is 8.42 Å². The van der Waals surface area contributed by atoms with E-state index in [0.717, 1.165) is 0 Å². The zero-order chi connectivity index (χ0) is 13.1. The van der Waals surface area contributed by atoms with Crippen LogP contribution < -0.4 is 4.72 Å². The zero-order valence-corrected chi connectivity index (χ0v) is 12.9. The van der Waals surface area contributed by atoms with E-state index < -0.39 is 15.6 Å². The molecule has 0 amide bonds. The predicted octanol–water partition coefficient (Wildman–Crippen LogP) is 3.13. The Morgan fingerprint density at radius 1 is 1.35 bits per heavy atom. The first-order valence-electron chi connectivity index (χ1n) is 5.13. The van der Waals surface area contributed by atoms with Crippen LogP contribution in [0.25, 0.3) is 0 Å². The highest BCUT2D eigenvalue weighted by atomic mass is 79.9. The highest BCUT2D eigenvalue weighted by molar-refractivity contribution is 9.10. The Bertz CT molecular complexity index is 488. The van der Waals surface area contributed by atoms with Crippen molar-refractivity contribution in [2.45, 2.75) is 30.7 Å². The summed E-state index contributed by atoms with van der Waals surface area (Å²) in [6, 6.07) is 6.72. The molecule has 17 heavy (non-hydrogen) atoms. The van der Waals surface area contributed by atoms with Crippen LogP contribution in [0.15, 0.2) is 33.6 Å². The van der Waals surface area contributed by atoms with Crippen molar-refractivity contribution in [3.05, 3.63) is 28.7 Å². The Labute approximate surface area is 116 Å². The second-order valence-corrected chi connectivity index (χ2v) is 7.24. The molecule has 0 aromatic heterocycles. The molecule has 0 unspecified atom stereocenters. The van der Waals surface area contributed by atoms with Crippen LogP contribution in [0.1, 0.15) is 20.3 Å². The summed E-state index contributed by atoms with van der Waals surface area (Å²) < 4.78 is 27.5. The van der Waals surface area contributed by atoms with Crippen LogP contribution in [0.3, 0.4) is 0 Å². The van der Waals surface area contributed by atoms with Gasteiger partial charge in [-0.25, -0.2) is 13.1 Å². The molecule has 0 aliphatic carbocycles. The Morgan fingerprint density at radius 2 is 1.94 bits per heavy atom. The first-order valence-corrected chi connectivity index (χ1v) is 7.94. The fraction of sp³-hybridized carbons (Fsp3) is 0.455. The van der Waals surface area contributed by atoms with E-state index in [1.807, 2.05) is 13.8 Å². The van der Waals surface area contributed by atoms with Gasteiger partial charge in [0.15, 0.2) is 0 Å². The minimum atomic E-state index is -3.53. The third-order valence-corrected chi connectivity index (χ3v) is 5.16. The van der Waals surface area contributed by atoms with Crippen molar-refractivity contribution in [3.63, 3.8) is 0 Å². The SMILES string of the molecule is CC(C)(CCCl)NS(=O)(=O)c1ccccc1Br. The van der Waals surface area contributed by atoms with Gasteiger partial charge >= 0.3 is 0 Å². The molecule has 96 valence electrons. The van der Waals surface area contributed by atoms with Gasteiger partial charge in [0, 0.05) is 15.9 Å². The van der Waals surface area contributed by atoms with Crippen molar-refractivity contribution in [3.8, 4) is 0 Å². The maximum Gasteiger partial charge on any atom is 0.242 e. The number of hydrogen-bond acceptors (Lipinski definition) is 2. The van der Waals surface area contributed by atoms with E-state index in [4.69, 9.17) is 11.6 Å². The molecule has 1 aromatic rings. The lowest BCUT2D eigenvalue weighted by molar-refractivity contribution is 0.441. The number of nitrogens with one attached hydrogen (secondary N) is 1. The van der Waals surface area contributed by atoms with Gasteiger partial charge in [-0.1, -0.05) is 12.1 Å². The summed E-state index contributed by atoms with van der Waals surface area (Å²) in [5.74, 6) is 0.408. The molecular weight excluding hydrogens is 326 g/mol. The van der Waals surface area contributed by atoms with Crippen LogP contribution in [-0.2, 0) is 10.0 Å². The van der Waals surface area contributed by atoms with Gasteiger partial charge in [0.05, 0.1) is 4.90 Å². The van der Waals surface area contributed by atoms with Crippen LogP contribution in [0.5, 0.6) is 0 Å². The largest absolute Gasteiger partial charge is 0.242 e. The number of alkyl halides is 1. The van der Waals surface area contributed by atoms with Crippen molar-refractivity contribution in [2.75, 3.05) is 5.88 Å². The molecule has 0 saturated heterocycles. The summed E-state index contributed by atoms with van der Waals surface area (Å²) >= 11 is 8.88. The van der Waals surface area contributed by atoms with Gasteiger partial charge < -0.3 is 0 Å². The van der Waals surface area contributed by atoms with E-state index in [1.165, 1.54) is 0 Å². The van der Waals surface area contributed by atoms with Crippen LogP contribution in [0, 0.1) is 0 Å². The van der Waals surface area contributed by atoms with E-state index in [1.54, 1.807) is 24.3 Å². The number of halogens is 2. The first-order chi connectivity index (χ1) is 7.78. The van der Waals surface area contributed by atoms with E-state index in [2.05, 4.69) is 20.7 Å². The molecule has 0 aliphatic rings. The highest BCUT2D eigenvalue weighted by Gasteiger charge is 2.26. The maximum absolute atomic E-state index is 12.2. The van der Waals surface area contributed by atoms with Gasteiger partial charge in [-0.15, -0.1) is 11.6 Å². The number of sulfonamides is 1. The zero-order valence-electron chi connectivity index (χ0n) is 9.70. The molecule has 1 rings (SSSR count). The number of rotatable bonds is 5. The lowest BCUT2D eigenvalue weighted by Gasteiger charge is -2.25. The van der Waals surface area contributed by atoms with Crippen molar-refractivity contribution in [1.29, 1.82) is 0 Å². The van der Waals surface area contributed by atoms with Crippen molar-refractivity contribution in [1.82, 2.24) is 4.72 Å². The highest BCUT2D eigenvalue weighted by Crippen LogP contribution is 2.23. The summed E-state index contributed by atoms with van der Waals surface area (Å²) in [7, 11) is -3.53. The van der Waals surface area contributed by atoms with Crippen LogP contribution in [0.4, 0.5) is 0 Å². The molecule has 6 heteroatoms. The molecule has 0 bridgehead atoms. The summed E-state index contributed by atoms with van der Waals surface area (Å²) in [6.45, 7) is 3.62. The second-order valence-electron chi connectivity index (χ2n) is 4.36. The van der Waals surface area contributed by atoms with Gasteiger partial charge in [-0.3, -0.25) is 0 Å². The summed E-state index contributed by atoms with van der Waals surface area (Å²) in [4.78, 5) is 0.239. The first kappa shape index (κ1) is 15.0. The molecule has 0 radical (unpaired) electrons. The fourth-order valence-electron chi connectivity index (χ4n) is 1.37. The Hall–Kier alpha value is -0.100.